The lowest BCUT2D eigenvalue weighted by atomic mass is 10.3. The van der Waals surface area contributed by atoms with Gasteiger partial charge in [-0.15, -0.1) is 0 Å². The van der Waals surface area contributed by atoms with Gasteiger partial charge in [-0.25, -0.2) is 4.98 Å². The monoisotopic (exact) mass is 400 g/mol. The second kappa shape index (κ2) is 9.52. The lowest BCUT2D eigenvalue weighted by molar-refractivity contribution is -0.856. The number of aromatic nitrogens is 1. The molecule has 28 heavy (non-hydrogen) atoms. The van der Waals surface area contributed by atoms with Crippen molar-refractivity contribution in [2.24, 2.45) is 0 Å². The Morgan fingerprint density at radius 3 is 2.64 bits per heavy atom. The van der Waals surface area contributed by atoms with Gasteiger partial charge in [-0.2, -0.15) is 0 Å². The van der Waals surface area contributed by atoms with Crippen molar-refractivity contribution < 1.29 is 19.2 Å². The lowest BCUT2D eigenvalue weighted by Crippen LogP contribution is -3.06. The predicted octanol–water partition coefficient (Wildman–Crippen LogP) is 2.25. The van der Waals surface area contributed by atoms with Crippen molar-refractivity contribution in [3.05, 3.63) is 48.5 Å². The molecule has 0 saturated heterocycles. The van der Waals surface area contributed by atoms with E-state index in [1.165, 1.54) is 16.2 Å². The fraction of sp³-hybridized carbons (Fsp3) is 0.333. The van der Waals surface area contributed by atoms with E-state index >= 15 is 0 Å². The van der Waals surface area contributed by atoms with Crippen molar-refractivity contribution in [3.63, 3.8) is 0 Å². The number of ether oxygens (including phenoxy) is 2. The Morgan fingerprint density at radius 1 is 1.14 bits per heavy atom. The predicted molar refractivity (Wildman–Crippen MR) is 113 cm³/mol. The average Bonchev–Trinajstić information content (AvgIpc) is 3.11. The Morgan fingerprint density at radius 2 is 1.93 bits per heavy atom. The minimum atomic E-state index is 0.0169. The van der Waals surface area contributed by atoms with Crippen LogP contribution >= 0.6 is 11.3 Å². The number of nitrogens with zero attached hydrogens (tertiary/aromatic N) is 2. The Labute approximate surface area is 169 Å². The zero-order chi connectivity index (χ0) is 19.9. The van der Waals surface area contributed by atoms with Gasteiger partial charge in [-0.05, 0) is 30.3 Å². The van der Waals surface area contributed by atoms with E-state index in [1.807, 2.05) is 48.5 Å². The van der Waals surface area contributed by atoms with E-state index in [-0.39, 0.29) is 5.91 Å². The normalized spacial score (nSPS) is 11.0. The number of amides is 1. The van der Waals surface area contributed by atoms with Crippen molar-refractivity contribution in [1.82, 2.24) is 4.98 Å². The number of hydrogen-bond acceptors (Lipinski definition) is 5. The molecule has 1 amide bonds. The average molecular weight is 401 g/mol. The van der Waals surface area contributed by atoms with E-state index in [1.54, 1.807) is 12.0 Å². The number of hydrogen-bond donors (Lipinski definition) is 1. The van der Waals surface area contributed by atoms with Gasteiger partial charge < -0.3 is 14.4 Å². The Bertz CT molecular complexity index is 912. The molecule has 7 heteroatoms. The van der Waals surface area contributed by atoms with Gasteiger partial charge in [0.2, 0.25) is 5.91 Å². The first-order valence-electron chi connectivity index (χ1n) is 9.28. The summed E-state index contributed by atoms with van der Waals surface area (Å²) in [6.45, 7) is 1.79. The van der Waals surface area contributed by atoms with Crippen LogP contribution in [0.5, 0.6) is 11.5 Å². The largest absolute Gasteiger partial charge is 0.497 e. The second-order valence-electron chi connectivity index (χ2n) is 6.74. The molecule has 1 N–H and O–H groups in total. The number of para-hydroxylation sites is 1. The molecular formula is C21H26N3O3S+. The number of carbonyl (C=O) groups excluding carboxylic acids is 1. The van der Waals surface area contributed by atoms with Crippen LogP contribution < -0.4 is 19.3 Å². The molecule has 0 radical (unpaired) electrons. The summed E-state index contributed by atoms with van der Waals surface area (Å²) >= 11 is 1.51. The summed E-state index contributed by atoms with van der Waals surface area (Å²) in [5.74, 6) is 1.57. The van der Waals surface area contributed by atoms with Crippen LogP contribution in [0, 0.1) is 0 Å². The fourth-order valence-electron chi connectivity index (χ4n) is 2.71. The zero-order valence-corrected chi connectivity index (χ0v) is 17.3. The smallest absolute Gasteiger partial charge is 0.232 e. The minimum absolute atomic E-state index is 0.0169. The number of benzene rings is 2. The third-order valence-corrected chi connectivity index (χ3v) is 5.32. The van der Waals surface area contributed by atoms with Gasteiger partial charge in [0.05, 0.1) is 57.5 Å². The highest BCUT2D eigenvalue weighted by molar-refractivity contribution is 7.22. The third-order valence-electron chi connectivity index (χ3n) is 4.28. The van der Waals surface area contributed by atoms with Crippen molar-refractivity contribution in [1.29, 1.82) is 0 Å². The summed E-state index contributed by atoms with van der Waals surface area (Å²) in [5.41, 5.74) is 0.872. The zero-order valence-electron chi connectivity index (χ0n) is 16.5. The van der Waals surface area contributed by atoms with Gasteiger partial charge in [-0.3, -0.25) is 9.69 Å². The molecule has 1 aromatic heterocycles. The third kappa shape index (κ3) is 5.21. The number of quaternary nitrogens is 1. The number of likely N-dealkylation sites (N-methyl/N-ethyl adjacent to an activating group) is 1. The van der Waals surface area contributed by atoms with E-state index in [0.29, 0.717) is 24.7 Å². The first kappa shape index (κ1) is 20.1. The molecule has 0 aliphatic carbocycles. The molecule has 1 heterocycles. The number of nitrogens with one attached hydrogen (secondary N) is 1. The number of anilines is 1. The summed E-state index contributed by atoms with van der Waals surface area (Å²) in [7, 11) is 5.79. The first-order chi connectivity index (χ1) is 13.6. The number of thiazole rings is 1. The highest BCUT2D eigenvalue weighted by Gasteiger charge is 2.21. The van der Waals surface area contributed by atoms with Crippen LogP contribution in [-0.2, 0) is 4.79 Å². The molecule has 3 rings (SSSR count). The minimum Gasteiger partial charge on any atom is -0.497 e. The van der Waals surface area contributed by atoms with Crippen molar-refractivity contribution in [2.75, 3.05) is 45.8 Å². The lowest BCUT2D eigenvalue weighted by Gasteiger charge is -2.20. The summed E-state index contributed by atoms with van der Waals surface area (Å²) in [5, 5.41) is 0.717. The molecule has 0 saturated carbocycles. The first-order valence-corrected chi connectivity index (χ1v) is 10.1. The number of rotatable bonds is 9. The van der Waals surface area contributed by atoms with Crippen LogP contribution in [0.1, 0.15) is 6.42 Å². The van der Waals surface area contributed by atoms with E-state index in [2.05, 4.69) is 19.1 Å². The molecule has 0 aliphatic rings. The van der Waals surface area contributed by atoms with Crippen LogP contribution in [0.25, 0.3) is 10.2 Å². The van der Waals surface area contributed by atoms with Gasteiger partial charge in [-0.1, -0.05) is 29.5 Å². The molecule has 2 aromatic carbocycles. The number of carbonyl (C=O) groups is 1. The molecule has 3 aromatic rings. The van der Waals surface area contributed by atoms with Crippen LogP contribution in [-0.4, -0.2) is 51.8 Å². The SMILES string of the molecule is COc1ccc2nc(N(CC[NH+](C)C)C(=O)CCOc3ccccc3)sc2c1. The molecule has 0 fully saturated rings. The van der Waals surface area contributed by atoms with Crippen LogP contribution in [0.15, 0.2) is 48.5 Å². The maximum absolute atomic E-state index is 12.9. The molecular weight excluding hydrogens is 374 g/mol. The topological polar surface area (TPSA) is 56.1 Å². The van der Waals surface area contributed by atoms with E-state index in [9.17, 15) is 4.79 Å². The highest BCUT2D eigenvalue weighted by atomic mass is 32.1. The molecule has 0 aliphatic heterocycles. The Kier molecular flexibility index (Phi) is 6.84. The fourth-order valence-corrected chi connectivity index (χ4v) is 3.74. The maximum atomic E-state index is 12.9. The van der Waals surface area contributed by atoms with E-state index in [4.69, 9.17) is 9.47 Å². The highest BCUT2D eigenvalue weighted by Crippen LogP contribution is 2.31. The van der Waals surface area contributed by atoms with Gasteiger partial charge in [0.1, 0.15) is 11.5 Å². The van der Waals surface area contributed by atoms with E-state index < -0.39 is 0 Å². The molecule has 0 spiro atoms. The quantitative estimate of drug-likeness (QED) is 0.599. The van der Waals surface area contributed by atoms with Crippen LogP contribution in [0.2, 0.25) is 0 Å². The van der Waals surface area contributed by atoms with Crippen molar-refractivity contribution in [2.45, 2.75) is 6.42 Å². The summed E-state index contributed by atoms with van der Waals surface area (Å²) in [4.78, 5) is 20.7. The number of fused-ring (bicyclic) bond motifs is 1. The van der Waals surface area contributed by atoms with Crippen LogP contribution in [0.3, 0.4) is 0 Å². The maximum Gasteiger partial charge on any atom is 0.232 e. The van der Waals surface area contributed by atoms with Gasteiger partial charge >= 0.3 is 0 Å². The van der Waals surface area contributed by atoms with Crippen molar-refractivity contribution in [3.8, 4) is 11.5 Å². The summed E-state index contributed by atoms with van der Waals surface area (Å²) in [6, 6.07) is 15.3. The van der Waals surface area contributed by atoms with Gasteiger partial charge in [0.25, 0.3) is 0 Å². The van der Waals surface area contributed by atoms with E-state index in [0.717, 1.165) is 28.3 Å². The standard InChI is InChI=1S/C21H25N3O3S/c1-23(2)12-13-24(20(25)11-14-27-16-7-5-4-6-8-16)21-22-18-10-9-17(26-3)15-19(18)28-21/h4-10,15H,11-14H2,1-3H3/p+1. The Balaban J connectivity index is 1.73. The van der Waals surface area contributed by atoms with Gasteiger partial charge in [0, 0.05) is 0 Å². The molecule has 148 valence electrons. The second-order valence-corrected chi connectivity index (χ2v) is 7.75. The summed E-state index contributed by atoms with van der Waals surface area (Å²) in [6.07, 6.45) is 0.302. The van der Waals surface area contributed by atoms with Crippen LogP contribution in [0.4, 0.5) is 5.13 Å². The molecule has 0 atom stereocenters. The number of methoxy groups -OCH3 is 1. The summed E-state index contributed by atoms with van der Waals surface area (Å²) < 4.78 is 12.0. The van der Waals surface area contributed by atoms with Gasteiger partial charge in [0.15, 0.2) is 5.13 Å². The molecule has 0 unspecified atom stereocenters. The van der Waals surface area contributed by atoms with Crippen molar-refractivity contribution >= 4 is 32.6 Å². The Hall–Kier alpha value is -2.64. The molecule has 0 bridgehead atoms. The molecule has 6 nitrogen and oxygen atoms in total.